The minimum absolute atomic E-state index is 0.00564. The quantitative estimate of drug-likeness (QED) is 0.355. The average molecular weight is 443 g/mol. The largest absolute Gasteiger partial charge is 0.445 e. The molecular weight excluding hydrogens is 407 g/mol. The fraction of sp³-hybridized carbons (Fsp3) is 0.762. The van der Waals surface area contributed by atoms with Gasteiger partial charge in [-0.05, 0) is 25.4 Å². The van der Waals surface area contributed by atoms with Gasteiger partial charge in [-0.1, -0.05) is 33.4 Å². The second-order valence-corrected chi connectivity index (χ2v) is 12.0. The number of β-lactam (4-membered cyclic amide) rings is 1. The van der Waals surface area contributed by atoms with Gasteiger partial charge in [0.1, 0.15) is 12.8 Å². The third kappa shape index (κ3) is 4.94. The second-order valence-electron chi connectivity index (χ2n) is 9.65. The van der Waals surface area contributed by atoms with Gasteiger partial charge in [-0.3, -0.25) is 14.5 Å². The van der Waals surface area contributed by atoms with Crippen LogP contribution in [-0.2, 0) is 18.8 Å². The number of hydrogen-bond acceptors (Lipinski definition) is 5. The summed E-state index contributed by atoms with van der Waals surface area (Å²) in [5.41, 5.74) is -1.06. The standard InChI is InChI=1S/C21H35FN2O5Si/c1-8-9-28-19(27)24-12-13(22)10-15(24)16(25)11-14-17(18(26)23-14)21(5,20(2,3)4)29-30(6)7/h8,13-15,17,30H,1,9-12H2,2-7H3,(H,23,26)/t13?,14-,15+,17-,21-/m1/s1. The van der Waals surface area contributed by atoms with Crippen molar-refractivity contribution in [1.82, 2.24) is 10.2 Å². The fourth-order valence-corrected chi connectivity index (χ4v) is 5.79. The monoisotopic (exact) mass is 442 g/mol. The predicted octanol–water partition coefficient (Wildman–Crippen LogP) is 2.60. The molecular formula is C21H35FN2O5Si. The number of nitrogens with one attached hydrogen (secondary N) is 1. The number of ether oxygens (including phenoxy) is 1. The van der Waals surface area contributed by atoms with Crippen LogP contribution in [0.15, 0.2) is 12.7 Å². The van der Waals surface area contributed by atoms with E-state index in [1.165, 1.54) is 6.08 Å². The zero-order chi connectivity index (χ0) is 22.9. The topological polar surface area (TPSA) is 84.9 Å². The number of alkyl halides is 1. The molecule has 2 heterocycles. The zero-order valence-electron chi connectivity index (χ0n) is 18.9. The van der Waals surface area contributed by atoms with E-state index in [-0.39, 0.29) is 43.1 Å². The molecule has 0 aromatic heterocycles. The second kappa shape index (κ2) is 9.17. The van der Waals surface area contributed by atoms with Crippen LogP contribution in [-0.4, -0.2) is 68.7 Å². The minimum atomic E-state index is -1.48. The van der Waals surface area contributed by atoms with Crippen molar-refractivity contribution < 1.29 is 27.9 Å². The number of Topliss-reactive ketones (excluding diaryl/α,β-unsaturated/α-hetero) is 1. The third-order valence-electron chi connectivity index (χ3n) is 6.18. The van der Waals surface area contributed by atoms with Crippen LogP contribution in [0, 0.1) is 11.3 Å². The highest BCUT2D eigenvalue weighted by molar-refractivity contribution is 6.48. The molecule has 2 amide bonds. The van der Waals surface area contributed by atoms with Crippen molar-refractivity contribution in [2.45, 2.75) is 77.5 Å². The summed E-state index contributed by atoms with van der Waals surface area (Å²) in [4.78, 5) is 38.9. The van der Waals surface area contributed by atoms with Gasteiger partial charge in [-0.25, -0.2) is 9.18 Å². The van der Waals surface area contributed by atoms with Crippen LogP contribution in [0.2, 0.25) is 13.1 Å². The van der Waals surface area contributed by atoms with E-state index >= 15 is 0 Å². The van der Waals surface area contributed by atoms with Gasteiger partial charge in [-0.15, -0.1) is 0 Å². The highest BCUT2D eigenvalue weighted by Crippen LogP contribution is 2.45. The van der Waals surface area contributed by atoms with Crippen molar-refractivity contribution in [1.29, 1.82) is 0 Å². The van der Waals surface area contributed by atoms with Gasteiger partial charge in [0.05, 0.1) is 30.1 Å². The van der Waals surface area contributed by atoms with Crippen LogP contribution < -0.4 is 5.32 Å². The summed E-state index contributed by atoms with van der Waals surface area (Å²) in [7, 11) is -1.48. The Labute approximate surface area is 180 Å². The Kier molecular flexibility index (Phi) is 7.50. The Morgan fingerprint density at radius 3 is 2.47 bits per heavy atom. The minimum Gasteiger partial charge on any atom is -0.445 e. The number of hydrogen-bond donors (Lipinski definition) is 1. The van der Waals surface area contributed by atoms with E-state index in [2.05, 4.69) is 11.9 Å². The SMILES string of the molecule is C=CCOC(=O)N1CC(F)C[C@H]1C(=O)C[C@H]1NC(=O)[C@@H]1[C@@](C)(O[SiH](C)C)C(C)(C)C. The number of nitrogens with zero attached hydrogens (tertiary/aromatic N) is 1. The highest BCUT2D eigenvalue weighted by atomic mass is 28.3. The summed E-state index contributed by atoms with van der Waals surface area (Å²) in [5.74, 6) is -0.907. The molecule has 0 aliphatic carbocycles. The molecule has 1 unspecified atom stereocenters. The van der Waals surface area contributed by atoms with Gasteiger partial charge >= 0.3 is 6.09 Å². The number of carbonyl (C=O) groups excluding carboxylic acids is 3. The van der Waals surface area contributed by atoms with E-state index in [1.807, 2.05) is 40.8 Å². The lowest BCUT2D eigenvalue weighted by atomic mass is 9.63. The number of amides is 2. The van der Waals surface area contributed by atoms with E-state index in [0.717, 1.165) is 4.90 Å². The molecule has 0 aromatic carbocycles. The van der Waals surface area contributed by atoms with Crippen molar-refractivity contribution >= 4 is 26.8 Å². The summed E-state index contributed by atoms with van der Waals surface area (Å²) in [6.07, 6.45) is -0.627. The first-order valence-electron chi connectivity index (χ1n) is 10.5. The average Bonchev–Trinajstić information content (AvgIpc) is 2.99. The van der Waals surface area contributed by atoms with Crippen molar-refractivity contribution in [2.75, 3.05) is 13.2 Å². The maximum atomic E-state index is 14.0. The third-order valence-corrected chi connectivity index (χ3v) is 7.14. The van der Waals surface area contributed by atoms with E-state index < -0.39 is 44.9 Å². The number of ketones is 1. The molecule has 0 bridgehead atoms. The Hall–Kier alpha value is -1.74. The van der Waals surface area contributed by atoms with Crippen molar-refractivity contribution in [3.05, 3.63) is 12.7 Å². The highest BCUT2D eigenvalue weighted by Gasteiger charge is 2.58. The number of halogens is 1. The van der Waals surface area contributed by atoms with Crippen LogP contribution in [0.4, 0.5) is 9.18 Å². The maximum absolute atomic E-state index is 14.0. The van der Waals surface area contributed by atoms with E-state index in [0.29, 0.717) is 0 Å². The first kappa shape index (κ1) is 24.5. The Morgan fingerprint density at radius 2 is 1.97 bits per heavy atom. The van der Waals surface area contributed by atoms with E-state index in [4.69, 9.17) is 9.16 Å². The van der Waals surface area contributed by atoms with Crippen LogP contribution in [0.1, 0.15) is 40.5 Å². The smallest absolute Gasteiger partial charge is 0.410 e. The normalized spacial score (nSPS) is 28.5. The van der Waals surface area contributed by atoms with Gasteiger partial charge in [0.15, 0.2) is 14.8 Å². The lowest BCUT2D eigenvalue weighted by Crippen LogP contribution is -2.71. The molecule has 30 heavy (non-hydrogen) atoms. The lowest BCUT2D eigenvalue weighted by Gasteiger charge is -2.54. The molecule has 2 aliphatic rings. The molecule has 5 atom stereocenters. The molecule has 2 saturated heterocycles. The van der Waals surface area contributed by atoms with Gasteiger partial charge < -0.3 is 14.5 Å². The Bertz CT molecular complexity index is 695. The fourth-order valence-electron chi connectivity index (χ4n) is 4.31. The molecule has 7 nitrogen and oxygen atoms in total. The summed E-state index contributed by atoms with van der Waals surface area (Å²) in [5, 5.41) is 2.82. The Morgan fingerprint density at radius 1 is 1.33 bits per heavy atom. The van der Waals surface area contributed by atoms with Gasteiger partial charge in [0.25, 0.3) is 0 Å². The summed E-state index contributed by atoms with van der Waals surface area (Å²) in [6, 6.07) is -1.30. The van der Waals surface area contributed by atoms with Crippen molar-refractivity contribution in [3.63, 3.8) is 0 Å². The molecule has 0 spiro atoms. The number of likely N-dealkylation sites (tertiary alicyclic amines) is 1. The molecule has 0 saturated carbocycles. The molecule has 2 aliphatic heterocycles. The molecule has 1 N–H and O–H groups in total. The first-order chi connectivity index (χ1) is 13.8. The molecule has 0 aromatic rings. The maximum Gasteiger partial charge on any atom is 0.410 e. The lowest BCUT2D eigenvalue weighted by molar-refractivity contribution is -0.160. The summed E-state index contributed by atoms with van der Waals surface area (Å²) < 4.78 is 25.4. The molecule has 2 fully saturated rings. The summed E-state index contributed by atoms with van der Waals surface area (Å²) >= 11 is 0. The van der Waals surface area contributed by atoms with Crippen LogP contribution in [0.5, 0.6) is 0 Å². The number of rotatable bonds is 8. The van der Waals surface area contributed by atoms with Gasteiger partial charge in [0.2, 0.25) is 5.91 Å². The van der Waals surface area contributed by atoms with Gasteiger partial charge in [-0.2, -0.15) is 0 Å². The van der Waals surface area contributed by atoms with Crippen LogP contribution >= 0.6 is 0 Å². The molecule has 9 heteroatoms. The predicted molar refractivity (Wildman–Crippen MR) is 114 cm³/mol. The van der Waals surface area contributed by atoms with Crippen LogP contribution in [0.25, 0.3) is 0 Å². The van der Waals surface area contributed by atoms with E-state index in [1.54, 1.807) is 0 Å². The molecule has 2 rings (SSSR count). The first-order valence-corrected chi connectivity index (χ1v) is 13.3. The van der Waals surface area contributed by atoms with Crippen molar-refractivity contribution in [3.8, 4) is 0 Å². The van der Waals surface area contributed by atoms with Crippen molar-refractivity contribution in [2.24, 2.45) is 11.3 Å². The molecule has 170 valence electrons. The van der Waals surface area contributed by atoms with E-state index in [9.17, 15) is 18.8 Å². The zero-order valence-corrected chi connectivity index (χ0v) is 20.0. The Balaban J connectivity index is 2.16. The van der Waals surface area contributed by atoms with Gasteiger partial charge in [0, 0.05) is 12.8 Å². The summed E-state index contributed by atoms with van der Waals surface area (Å²) in [6.45, 7) is 15.4. The molecule has 0 radical (unpaired) electrons. The number of carbonyl (C=O) groups is 3. The van der Waals surface area contributed by atoms with Crippen LogP contribution in [0.3, 0.4) is 0 Å².